The second-order valence-electron chi connectivity index (χ2n) is 5.91. The molecule has 0 saturated heterocycles. The van der Waals surface area contributed by atoms with Gasteiger partial charge in [0.05, 0.1) is 19.9 Å². The predicted octanol–water partition coefficient (Wildman–Crippen LogP) is 4.10. The lowest BCUT2D eigenvalue weighted by molar-refractivity contribution is 0.102. The fourth-order valence-electron chi connectivity index (χ4n) is 2.61. The molecule has 0 spiro atoms. The third-order valence-corrected chi connectivity index (χ3v) is 4.06. The Hall–Kier alpha value is -3.61. The minimum atomic E-state index is -0.501. The number of nitrogens with zero attached hydrogens (tertiary/aromatic N) is 1. The molecule has 0 aliphatic heterocycles. The molecule has 28 heavy (non-hydrogen) atoms. The number of pyridine rings is 1. The van der Waals surface area contributed by atoms with Crippen molar-refractivity contribution in [3.05, 3.63) is 77.9 Å². The number of anilines is 2. The van der Waals surface area contributed by atoms with Crippen molar-refractivity contribution in [1.82, 2.24) is 4.98 Å². The molecule has 3 rings (SSSR count). The maximum Gasteiger partial charge on any atom is 0.274 e. The van der Waals surface area contributed by atoms with Crippen molar-refractivity contribution >= 4 is 17.3 Å². The number of nitrogens with one attached hydrogen (secondary N) is 2. The van der Waals surface area contributed by atoms with Crippen molar-refractivity contribution < 1.29 is 18.7 Å². The number of rotatable bonds is 7. The molecule has 144 valence electrons. The number of para-hydroxylation sites is 1. The highest BCUT2D eigenvalue weighted by Crippen LogP contribution is 2.27. The van der Waals surface area contributed by atoms with Crippen LogP contribution < -0.4 is 20.1 Å². The van der Waals surface area contributed by atoms with Gasteiger partial charge in [0.2, 0.25) is 0 Å². The first kappa shape index (κ1) is 19.2. The molecule has 7 heteroatoms. The summed E-state index contributed by atoms with van der Waals surface area (Å²) in [5.41, 5.74) is 1.98. The summed E-state index contributed by atoms with van der Waals surface area (Å²) in [4.78, 5) is 16.4. The van der Waals surface area contributed by atoms with Crippen LogP contribution in [0.15, 0.2) is 60.8 Å². The van der Waals surface area contributed by atoms with Gasteiger partial charge in [-0.05, 0) is 42.0 Å². The molecule has 0 bridgehead atoms. The number of benzene rings is 2. The van der Waals surface area contributed by atoms with Crippen LogP contribution in [0.2, 0.25) is 0 Å². The highest BCUT2D eigenvalue weighted by molar-refractivity contribution is 6.03. The number of carbonyl (C=O) groups excluding carboxylic acids is 1. The summed E-state index contributed by atoms with van der Waals surface area (Å²) >= 11 is 0. The summed E-state index contributed by atoms with van der Waals surface area (Å²) in [6.45, 7) is 0.513. The van der Waals surface area contributed by atoms with Gasteiger partial charge >= 0.3 is 0 Å². The van der Waals surface area contributed by atoms with Crippen molar-refractivity contribution in [2.45, 2.75) is 6.54 Å². The van der Waals surface area contributed by atoms with Gasteiger partial charge in [-0.15, -0.1) is 0 Å². The Balaban J connectivity index is 1.68. The van der Waals surface area contributed by atoms with E-state index in [4.69, 9.17) is 9.47 Å². The Kier molecular flexibility index (Phi) is 6.06. The summed E-state index contributed by atoms with van der Waals surface area (Å²) in [6, 6.07) is 15.0. The molecule has 0 unspecified atom stereocenters. The number of methoxy groups -OCH3 is 2. The number of halogens is 1. The lowest BCUT2D eigenvalue weighted by Gasteiger charge is -2.11. The lowest BCUT2D eigenvalue weighted by atomic mass is 10.2. The number of amides is 1. The fraction of sp³-hybridized carbons (Fsp3) is 0.143. The first-order valence-corrected chi connectivity index (χ1v) is 8.57. The van der Waals surface area contributed by atoms with Crippen LogP contribution in [0.5, 0.6) is 11.5 Å². The van der Waals surface area contributed by atoms with Gasteiger partial charge in [0.25, 0.3) is 5.91 Å². The van der Waals surface area contributed by atoms with E-state index in [1.54, 1.807) is 38.5 Å². The molecule has 1 amide bonds. The molecule has 1 heterocycles. The molecule has 0 atom stereocenters. The Morgan fingerprint density at radius 2 is 1.82 bits per heavy atom. The van der Waals surface area contributed by atoms with Gasteiger partial charge in [0.15, 0.2) is 11.5 Å². The second-order valence-corrected chi connectivity index (χ2v) is 5.91. The van der Waals surface area contributed by atoms with E-state index in [0.29, 0.717) is 23.7 Å². The van der Waals surface area contributed by atoms with Gasteiger partial charge in [-0.2, -0.15) is 0 Å². The molecule has 3 aromatic rings. The van der Waals surface area contributed by atoms with Gasteiger partial charge < -0.3 is 20.1 Å². The number of carbonyl (C=O) groups is 1. The largest absolute Gasteiger partial charge is 0.493 e. The average Bonchev–Trinajstić information content (AvgIpc) is 2.73. The van der Waals surface area contributed by atoms with Crippen LogP contribution in [0.3, 0.4) is 0 Å². The second kappa shape index (κ2) is 8.85. The van der Waals surface area contributed by atoms with E-state index in [-0.39, 0.29) is 11.4 Å². The van der Waals surface area contributed by atoms with E-state index in [9.17, 15) is 9.18 Å². The van der Waals surface area contributed by atoms with Crippen molar-refractivity contribution in [2.24, 2.45) is 0 Å². The molecule has 0 fully saturated rings. The topological polar surface area (TPSA) is 72.5 Å². The molecule has 1 aromatic heterocycles. The van der Waals surface area contributed by atoms with Gasteiger partial charge in [-0.25, -0.2) is 4.39 Å². The van der Waals surface area contributed by atoms with Crippen LogP contribution >= 0.6 is 0 Å². The van der Waals surface area contributed by atoms with Crippen LogP contribution in [0.4, 0.5) is 15.8 Å². The van der Waals surface area contributed by atoms with E-state index in [2.05, 4.69) is 15.6 Å². The van der Waals surface area contributed by atoms with E-state index in [0.717, 1.165) is 5.56 Å². The van der Waals surface area contributed by atoms with Crippen LogP contribution in [-0.2, 0) is 6.54 Å². The van der Waals surface area contributed by atoms with Crippen LogP contribution in [0.1, 0.15) is 16.1 Å². The minimum Gasteiger partial charge on any atom is -0.493 e. The number of ether oxygens (including phenoxy) is 2. The summed E-state index contributed by atoms with van der Waals surface area (Å²) < 4.78 is 24.2. The van der Waals surface area contributed by atoms with Crippen molar-refractivity contribution in [3.8, 4) is 11.5 Å². The zero-order chi connectivity index (χ0) is 19.9. The summed E-state index contributed by atoms with van der Waals surface area (Å²) in [6.07, 6.45) is 1.52. The van der Waals surface area contributed by atoms with E-state index >= 15 is 0 Å². The molecule has 0 aliphatic carbocycles. The average molecular weight is 381 g/mol. The molecule has 6 nitrogen and oxygen atoms in total. The lowest BCUT2D eigenvalue weighted by Crippen LogP contribution is -2.15. The van der Waals surface area contributed by atoms with E-state index in [1.165, 1.54) is 18.3 Å². The first-order chi connectivity index (χ1) is 13.6. The van der Waals surface area contributed by atoms with Gasteiger partial charge in [-0.1, -0.05) is 18.2 Å². The van der Waals surface area contributed by atoms with Gasteiger partial charge in [0.1, 0.15) is 11.5 Å². The number of aromatic nitrogens is 1. The van der Waals surface area contributed by atoms with Crippen LogP contribution in [0.25, 0.3) is 0 Å². The predicted molar refractivity (Wildman–Crippen MR) is 105 cm³/mol. The molecule has 2 aromatic carbocycles. The smallest absolute Gasteiger partial charge is 0.274 e. The highest BCUT2D eigenvalue weighted by atomic mass is 19.1. The van der Waals surface area contributed by atoms with E-state index in [1.807, 2.05) is 18.2 Å². The summed E-state index contributed by atoms with van der Waals surface area (Å²) in [7, 11) is 3.17. The highest BCUT2D eigenvalue weighted by Gasteiger charge is 2.11. The maximum atomic E-state index is 13.7. The molecule has 2 N–H and O–H groups in total. The summed E-state index contributed by atoms with van der Waals surface area (Å²) in [5.74, 6) is 0.308. The van der Waals surface area contributed by atoms with Crippen molar-refractivity contribution in [2.75, 3.05) is 24.9 Å². The molecular weight excluding hydrogens is 361 g/mol. The maximum absolute atomic E-state index is 13.7. The third-order valence-electron chi connectivity index (χ3n) is 4.06. The first-order valence-electron chi connectivity index (χ1n) is 8.57. The zero-order valence-corrected chi connectivity index (χ0v) is 15.5. The SMILES string of the molecule is COc1ccc(CNc2ccnc(C(=O)Nc3ccccc3F)c2)cc1OC. The van der Waals surface area contributed by atoms with E-state index < -0.39 is 11.7 Å². The number of hydrogen-bond acceptors (Lipinski definition) is 5. The van der Waals surface area contributed by atoms with Gasteiger partial charge in [-0.3, -0.25) is 9.78 Å². The van der Waals surface area contributed by atoms with Crippen LogP contribution in [-0.4, -0.2) is 25.1 Å². The normalized spacial score (nSPS) is 10.2. The monoisotopic (exact) mass is 381 g/mol. The summed E-state index contributed by atoms with van der Waals surface area (Å²) in [5, 5.41) is 5.75. The molecule has 0 saturated carbocycles. The quantitative estimate of drug-likeness (QED) is 0.645. The Morgan fingerprint density at radius 3 is 2.57 bits per heavy atom. The zero-order valence-electron chi connectivity index (χ0n) is 15.5. The molecule has 0 aliphatic rings. The Labute approximate surface area is 162 Å². The molecule has 0 radical (unpaired) electrons. The van der Waals surface area contributed by atoms with Crippen LogP contribution in [0, 0.1) is 5.82 Å². The van der Waals surface area contributed by atoms with Crippen molar-refractivity contribution in [1.29, 1.82) is 0 Å². The fourth-order valence-corrected chi connectivity index (χ4v) is 2.61. The number of hydrogen-bond donors (Lipinski definition) is 2. The standard InChI is InChI=1S/C21H20FN3O3/c1-27-19-8-7-14(11-20(19)28-2)13-24-15-9-10-23-18(12-15)21(26)25-17-6-4-3-5-16(17)22/h3-12H,13H2,1-2H3,(H,23,24)(H,25,26). The van der Waals surface area contributed by atoms with Gasteiger partial charge in [0, 0.05) is 18.4 Å². The third kappa shape index (κ3) is 4.56. The minimum absolute atomic E-state index is 0.109. The molecular formula is C21H20FN3O3. The Bertz CT molecular complexity index is 979. The Morgan fingerprint density at radius 1 is 1.04 bits per heavy atom. The van der Waals surface area contributed by atoms with Crippen molar-refractivity contribution in [3.63, 3.8) is 0 Å².